The summed E-state index contributed by atoms with van der Waals surface area (Å²) in [5, 5.41) is 16.4. The molecule has 0 radical (unpaired) electrons. The minimum Gasteiger partial charge on any atom is -0.475 e. The fraction of sp³-hybridized carbons (Fsp3) is 0.464. The van der Waals surface area contributed by atoms with Gasteiger partial charge in [0, 0.05) is 68.2 Å². The van der Waals surface area contributed by atoms with E-state index in [0.717, 1.165) is 43.9 Å². The molecule has 0 bridgehead atoms. The summed E-state index contributed by atoms with van der Waals surface area (Å²) in [7, 11) is 0. The first-order chi connectivity index (χ1) is 20.9. The first-order valence-corrected chi connectivity index (χ1v) is 14.4. The standard InChI is InChI=1S/C24H29N5OS.2C2HF3O2/c1-18(2)29-15-22(26-17-29)21-14-27(13-20-4-3-11-31-20)16-24(21)7-10-28(23(24)30)12-19-5-8-25-9-6-19;2*3-2(4,5)1(6)7/h3-6,8-9,11,15,17-18,21H,7,10,12-14,16H2,1-2H3;2*(H,6,7). The van der Waals surface area contributed by atoms with Crippen molar-refractivity contribution in [2.45, 2.75) is 57.7 Å². The van der Waals surface area contributed by atoms with Crippen molar-refractivity contribution in [3.63, 3.8) is 0 Å². The summed E-state index contributed by atoms with van der Waals surface area (Å²) >= 11 is 1.79. The van der Waals surface area contributed by atoms with Gasteiger partial charge < -0.3 is 19.7 Å². The highest BCUT2D eigenvalue weighted by Crippen LogP contribution is 2.50. The van der Waals surface area contributed by atoms with Crippen LogP contribution in [0, 0.1) is 5.41 Å². The third kappa shape index (κ3) is 9.26. The van der Waals surface area contributed by atoms with Gasteiger partial charge >= 0.3 is 24.3 Å². The van der Waals surface area contributed by atoms with Gasteiger partial charge in [-0.15, -0.1) is 11.3 Å². The van der Waals surface area contributed by atoms with E-state index in [1.165, 1.54) is 4.88 Å². The molecule has 17 heteroatoms. The van der Waals surface area contributed by atoms with E-state index in [0.29, 0.717) is 12.6 Å². The van der Waals surface area contributed by atoms with Crippen LogP contribution in [0.4, 0.5) is 26.3 Å². The highest BCUT2D eigenvalue weighted by atomic mass is 32.1. The van der Waals surface area contributed by atoms with Crippen LogP contribution in [0.25, 0.3) is 0 Å². The molecule has 2 fully saturated rings. The van der Waals surface area contributed by atoms with Crippen molar-refractivity contribution in [1.82, 2.24) is 24.3 Å². The van der Waals surface area contributed by atoms with Crippen LogP contribution < -0.4 is 0 Å². The third-order valence-corrected chi connectivity index (χ3v) is 8.16. The second-order valence-electron chi connectivity index (χ2n) is 10.7. The molecule has 2 N–H and O–H groups in total. The highest BCUT2D eigenvalue weighted by Gasteiger charge is 2.57. The number of nitrogens with zero attached hydrogens (tertiary/aromatic N) is 5. The third-order valence-electron chi connectivity index (χ3n) is 7.30. The van der Waals surface area contributed by atoms with Crippen molar-refractivity contribution in [3.05, 3.63) is 70.7 Å². The Morgan fingerprint density at radius 3 is 2.13 bits per heavy atom. The molecule has 5 rings (SSSR count). The number of pyridine rings is 1. The van der Waals surface area contributed by atoms with Gasteiger partial charge in [0.25, 0.3) is 0 Å². The van der Waals surface area contributed by atoms with E-state index < -0.39 is 24.3 Å². The van der Waals surface area contributed by atoms with Gasteiger partial charge in [-0.2, -0.15) is 26.3 Å². The molecule has 2 aliphatic rings. The molecule has 2 saturated heterocycles. The van der Waals surface area contributed by atoms with Crippen LogP contribution in [0.1, 0.15) is 48.4 Å². The molecule has 45 heavy (non-hydrogen) atoms. The lowest BCUT2D eigenvalue weighted by Crippen LogP contribution is -2.39. The minimum absolute atomic E-state index is 0.127. The van der Waals surface area contributed by atoms with Crippen molar-refractivity contribution in [2.75, 3.05) is 19.6 Å². The van der Waals surface area contributed by atoms with Crippen molar-refractivity contribution >= 4 is 29.2 Å². The molecule has 10 nitrogen and oxygen atoms in total. The number of imidazole rings is 1. The number of halogens is 6. The molecular formula is C28H31F6N5O5S. The van der Waals surface area contributed by atoms with Crippen LogP contribution in [0.3, 0.4) is 0 Å². The number of thiophene rings is 1. The van der Waals surface area contributed by atoms with Crippen LogP contribution in [0.5, 0.6) is 0 Å². The number of alkyl halides is 6. The molecule has 246 valence electrons. The number of rotatable bonds is 6. The monoisotopic (exact) mass is 663 g/mol. The molecule has 2 atom stereocenters. The van der Waals surface area contributed by atoms with E-state index in [4.69, 9.17) is 24.8 Å². The maximum atomic E-state index is 13.9. The topological polar surface area (TPSA) is 129 Å². The van der Waals surface area contributed by atoms with Crippen LogP contribution in [-0.4, -0.2) is 84.4 Å². The molecular weight excluding hydrogens is 632 g/mol. The normalized spacial score (nSPS) is 20.2. The second kappa shape index (κ2) is 14.4. The average Bonchev–Trinajstić information content (AvgIpc) is 3.75. The number of carboxylic acid groups (broad SMARTS) is 2. The maximum absolute atomic E-state index is 13.9. The molecule has 0 saturated carbocycles. The lowest BCUT2D eigenvalue weighted by atomic mass is 9.75. The number of carbonyl (C=O) groups is 3. The Bertz CT molecular complexity index is 1410. The van der Waals surface area contributed by atoms with Gasteiger partial charge in [0.05, 0.1) is 17.4 Å². The molecule has 5 heterocycles. The molecule has 1 spiro atoms. The predicted octanol–water partition coefficient (Wildman–Crippen LogP) is 5.21. The Morgan fingerprint density at radius 2 is 1.64 bits per heavy atom. The van der Waals surface area contributed by atoms with E-state index in [9.17, 15) is 31.1 Å². The van der Waals surface area contributed by atoms with Gasteiger partial charge in [-0.1, -0.05) is 6.07 Å². The smallest absolute Gasteiger partial charge is 0.475 e. The van der Waals surface area contributed by atoms with Gasteiger partial charge in [-0.3, -0.25) is 14.7 Å². The minimum atomic E-state index is -5.08. The Hall–Kier alpha value is -3.99. The summed E-state index contributed by atoms with van der Waals surface area (Å²) in [5.41, 5.74) is 1.80. The number of hydrogen-bond donors (Lipinski definition) is 2. The molecule has 2 unspecified atom stereocenters. The summed E-state index contributed by atoms with van der Waals surface area (Å²) in [5.74, 6) is -5.11. The van der Waals surface area contributed by atoms with Crippen LogP contribution in [0.2, 0.25) is 0 Å². The summed E-state index contributed by atoms with van der Waals surface area (Å²) in [6.07, 6.45) is -1.61. The van der Waals surface area contributed by atoms with Gasteiger partial charge in [0.15, 0.2) is 0 Å². The Morgan fingerprint density at radius 1 is 1.04 bits per heavy atom. The van der Waals surface area contributed by atoms with Gasteiger partial charge in [0.2, 0.25) is 5.91 Å². The van der Waals surface area contributed by atoms with Crippen molar-refractivity contribution in [1.29, 1.82) is 0 Å². The molecule has 0 aliphatic carbocycles. The summed E-state index contributed by atoms with van der Waals surface area (Å²) in [4.78, 5) is 46.4. The zero-order valence-corrected chi connectivity index (χ0v) is 24.9. The van der Waals surface area contributed by atoms with E-state index >= 15 is 0 Å². The SMILES string of the molecule is CC(C)n1cnc(C2CN(Cc3cccs3)CC23CCN(Cc2ccncc2)C3=O)c1.O=C(O)C(F)(F)F.O=C(O)C(F)(F)F. The lowest BCUT2D eigenvalue weighted by Gasteiger charge is -2.28. The van der Waals surface area contributed by atoms with Crippen molar-refractivity contribution in [2.24, 2.45) is 5.41 Å². The lowest BCUT2D eigenvalue weighted by molar-refractivity contribution is -0.193. The summed E-state index contributed by atoms with van der Waals surface area (Å²) in [6, 6.07) is 8.65. The number of aliphatic carboxylic acids is 2. The molecule has 1 amide bonds. The zero-order chi connectivity index (χ0) is 33.6. The number of carbonyl (C=O) groups excluding carboxylic acids is 1. The second-order valence-corrected chi connectivity index (χ2v) is 11.8. The fourth-order valence-electron chi connectivity index (χ4n) is 5.13. The van der Waals surface area contributed by atoms with Crippen molar-refractivity contribution in [3.8, 4) is 0 Å². The number of hydrogen-bond acceptors (Lipinski definition) is 7. The number of amides is 1. The molecule has 3 aromatic rings. The van der Waals surface area contributed by atoms with Gasteiger partial charge in [0.1, 0.15) is 0 Å². The van der Waals surface area contributed by atoms with Gasteiger partial charge in [-0.25, -0.2) is 14.6 Å². The van der Waals surface area contributed by atoms with E-state index in [2.05, 4.69) is 52.0 Å². The van der Waals surface area contributed by atoms with Crippen LogP contribution in [0.15, 0.2) is 54.6 Å². The Kier molecular flexibility index (Phi) is 11.4. The molecule has 0 aromatic carbocycles. The maximum Gasteiger partial charge on any atom is 0.490 e. The van der Waals surface area contributed by atoms with Crippen LogP contribution >= 0.6 is 11.3 Å². The first-order valence-electron chi connectivity index (χ1n) is 13.5. The predicted molar refractivity (Wildman–Crippen MR) is 149 cm³/mol. The number of likely N-dealkylation sites (tertiary alicyclic amines) is 2. The quantitative estimate of drug-likeness (QED) is 0.345. The molecule has 2 aliphatic heterocycles. The number of carboxylic acids is 2. The van der Waals surface area contributed by atoms with E-state index in [1.54, 1.807) is 23.7 Å². The highest BCUT2D eigenvalue weighted by molar-refractivity contribution is 7.09. The zero-order valence-electron chi connectivity index (χ0n) is 24.1. The number of aromatic nitrogens is 3. The average molecular weight is 664 g/mol. The molecule has 3 aromatic heterocycles. The Balaban J connectivity index is 0.000000331. The Labute approximate surface area is 257 Å². The van der Waals surface area contributed by atoms with E-state index in [1.807, 2.05) is 23.4 Å². The largest absolute Gasteiger partial charge is 0.490 e. The van der Waals surface area contributed by atoms with E-state index in [-0.39, 0.29) is 17.2 Å². The first kappa shape index (κ1) is 35.5. The van der Waals surface area contributed by atoms with Crippen LogP contribution in [-0.2, 0) is 27.5 Å². The summed E-state index contributed by atoms with van der Waals surface area (Å²) < 4.78 is 65.6. The van der Waals surface area contributed by atoms with Gasteiger partial charge in [-0.05, 0) is 49.4 Å². The summed E-state index contributed by atoms with van der Waals surface area (Å²) in [6.45, 7) is 8.36. The van der Waals surface area contributed by atoms with Crippen molar-refractivity contribution < 1.29 is 50.9 Å². The fourth-order valence-corrected chi connectivity index (χ4v) is 5.88.